The Bertz CT molecular complexity index is 711. The van der Waals surface area contributed by atoms with E-state index < -0.39 is 5.97 Å². The Morgan fingerprint density at radius 3 is 2.62 bits per heavy atom. The van der Waals surface area contributed by atoms with Crippen LogP contribution in [0.2, 0.25) is 0 Å². The normalized spacial score (nSPS) is 11.2. The Balaban J connectivity index is 2.22. The molecule has 2 aromatic carbocycles. The first kappa shape index (κ1) is 14.4. The molecule has 0 fully saturated rings. The van der Waals surface area contributed by atoms with Crippen molar-refractivity contribution in [2.45, 2.75) is 6.92 Å². The van der Waals surface area contributed by atoms with Gasteiger partial charge in [0.2, 0.25) is 0 Å². The lowest BCUT2D eigenvalue weighted by molar-refractivity contribution is 0.0697. The summed E-state index contributed by atoms with van der Waals surface area (Å²) in [7, 11) is 0. The molecule has 4 N–H and O–H groups in total. The maximum absolute atomic E-state index is 10.9. The van der Waals surface area contributed by atoms with Crippen LogP contribution in [-0.4, -0.2) is 27.0 Å². The lowest BCUT2D eigenvalue weighted by atomic mass is 10.1. The minimum atomic E-state index is -1.02. The molecule has 0 amide bonds. The predicted molar refractivity (Wildman–Crippen MR) is 79.0 cm³/mol. The largest absolute Gasteiger partial charge is 0.508 e. The lowest BCUT2D eigenvalue weighted by Crippen LogP contribution is -2.01. The van der Waals surface area contributed by atoms with E-state index in [1.54, 1.807) is 19.1 Å². The molecule has 0 aliphatic heterocycles. The number of rotatable bonds is 4. The van der Waals surface area contributed by atoms with Gasteiger partial charge in [0.25, 0.3) is 0 Å². The van der Waals surface area contributed by atoms with Crippen molar-refractivity contribution >= 4 is 17.4 Å². The highest BCUT2D eigenvalue weighted by Gasteiger charge is 2.06. The second kappa shape index (κ2) is 5.96. The molecular weight excluding hydrogens is 272 g/mol. The fraction of sp³-hybridized carbons (Fsp3) is 0.0667. The molecule has 0 atom stereocenters. The molecule has 0 bridgehead atoms. The summed E-state index contributed by atoms with van der Waals surface area (Å²) >= 11 is 0. The number of aromatic carboxylic acids is 1. The minimum absolute atomic E-state index is 0.00450. The molecule has 0 aliphatic carbocycles. The molecule has 0 saturated carbocycles. The molecule has 0 aliphatic rings. The van der Waals surface area contributed by atoms with Crippen molar-refractivity contribution in [2.24, 2.45) is 5.10 Å². The van der Waals surface area contributed by atoms with Crippen molar-refractivity contribution in [3.8, 4) is 11.5 Å². The Morgan fingerprint density at radius 2 is 1.90 bits per heavy atom. The summed E-state index contributed by atoms with van der Waals surface area (Å²) in [5.41, 5.74) is 4.21. The van der Waals surface area contributed by atoms with Gasteiger partial charge in [-0.15, -0.1) is 0 Å². The summed E-state index contributed by atoms with van der Waals surface area (Å²) in [4.78, 5) is 10.9. The molecule has 21 heavy (non-hydrogen) atoms. The van der Waals surface area contributed by atoms with Crippen LogP contribution in [0.4, 0.5) is 5.69 Å². The van der Waals surface area contributed by atoms with E-state index in [9.17, 15) is 15.0 Å². The van der Waals surface area contributed by atoms with Crippen LogP contribution in [0.25, 0.3) is 0 Å². The fourth-order valence-corrected chi connectivity index (χ4v) is 1.74. The molecule has 108 valence electrons. The zero-order valence-electron chi connectivity index (χ0n) is 11.2. The standard InChI is InChI=1S/C15H14N2O4/c1-9(13-8-12(18)5-6-14(13)19)16-17-11-4-2-3-10(7-11)15(20)21/h2-8,17-19H,1H3,(H,20,21)/b16-9+. The summed E-state index contributed by atoms with van der Waals surface area (Å²) in [6.07, 6.45) is 0. The highest BCUT2D eigenvalue weighted by atomic mass is 16.4. The van der Waals surface area contributed by atoms with Gasteiger partial charge in [-0.25, -0.2) is 4.79 Å². The summed E-state index contributed by atoms with van der Waals surface area (Å²) in [5, 5.41) is 32.1. The lowest BCUT2D eigenvalue weighted by Gasteiger charge is -2.06. The first-order chi connectivity index (χ1) is 9.97. The fourth-order valence-electron chi connectivity index (χ4n) is 1.74. The topological polar surface area (TPSA) is 102 Å². The van der Waals surface area contributed by atoms with Crippen LogP contribution in [0.1, 0.15) is 22.8 Å². The van der Waals surface area contributed by atoms with E-state index in [1.807, 2.05) is 0 Å². The zero-order valence-corrected chi connectivity index (χ0v) is 11.2. The highest BCUT2D eigenvalue weighted by Crippen LogP contribution is 2.23. The maximum Gasteiger partial charge on any atom is 0.335 e. The van der Waals surface area contributed by atoms with Crippen LogP contribution in [0.5, 0.6) is 11.5 Å². The third kappa shape index (κ3) is 3.50. The Morgan fingerprint density at radius 1 is 1.14 bits per heavy atom. The van der Waals surface area contributed by atoms with Crippen molar-refractivity contribution in [3.05, 3.63) is 53.6 Å². The van der Waals surface area contributed by atoms with Crippen molar-refractivity contribution < 1.29 is 20.1 Å². The average molecular weight is 286 g/mol. The van der Waals surface area contributed by atoms with E-state index in [2.05, 4.69) is 10.5 Å². The van der Waals surface area contributed by atoms with E-state index in [1.165, 1.54) is 30.3 Å². The number of hydrazone groups is 1. The molecule has 0 aromatic heterocycles. The first-order valence-corrected chi connectivity index (χ1v) is 6.13. The Kier molecular flexibility index (Phi) is 4.08. The molecule has 6 heteroatoms. The summed E-state index contributed by atoms with van der Waals surface area (Å²) in [5.74, 6) is -1.01. The van der Waals surface area contributed by atoms with Gasteiger partial charge in [-0.1, -0.05) is 6.07 Å². The van der Waals surface area contributed by atoms with E-state index >= 15 is 0 Å². The van der Waals surface area contributed by atoms with Gasteiger partial charge in [0.15, 0.2) is 0 Å². The molecular formula is C15H14N2O4. The number of nitrogens with one attached hydrogen (secondary N) is 1. The third-order valence-corrected chi connectivity index (χ3v) is 2.83. The molecule has 0 heterocycles. The number of nitrogens with zero attached hydrogens (tertiary/aromatic N) is 1. The SMILES string of the molecule is C/C(=N\Nc1cccc(C(=O)O)c1)c1cc(O)ccc1O. The van der Waals surface area contributed by atoms with E-state index in [0.717, 1.165) is 0 Å². The minimum Gasteiger partial charge on any atom is -0.508 e. The maximum atomic E-state index is 10.9. The molecule has 2 aromatic rings. The van der Waals surface area contributed by atoms with Gasteiger partial charge in [-0.05, 0) is 43.3 Å². The second-order valence-corrected chi connectivity index (χ2v) is 4.40. The van der Waals surface area contributed by atoms with Crippen molar-refractivity contribution in [2.75, 3.05) is 5.43 Å². The number of anilines is 1. The first-order valence-electron chi connectivity index (χ1n) is 6.13. The number of phenols is 2. The highest BCUT2D eigenvalue weighted by molar-refractivity contribution is 6.01. The van der Waals surface area contributed by atoms with Gasteiger partial charge in [-0.3, -0.25) is 5.43 Å². The monoisotopic (exact) mass is 286 g/mol. The molecule has 0 radical (unpaired) electrons. The Labute approximate surface area is 121 Å². The number of phenolic OH excluding ortho intramolecular Hbond substituents is 2. The van der Waals surface area contributed by atoms with Crippen LogP contribution in [0, 0.1) is 0 Å². The van der Waals surface area contributed by atoms with Gasteiger partial charge < -0.3 is 15.3 Å². The predicted octanol–water partition coefficient (Wildman–Crippen LogP) is 2.63. The van der Waals surface area contributed by atoms with Crippen molar-refractivity contribution in [1.29, 1.82) is 0 Å². The van der Waals surface area contributed by atoms with Crippen LogP contribution in [0.3, 0.4) is 0 Å². The second-order valence-electron chi connectivity index (χ2n) is 4.40. The molecule has 0 spiro atoms. The number of carboxylic acids is 1. The number of carbonyl (C=O) groups is 1. The van der Waals surface area contributed by atoms with Crippen LogP contribution < -0.4 is 5.43 Å². The smallest absolute Gasteiger partial charge is 0.335 e. The van der Waals surface area contributed by atoms with E-state index in [-0.39, 0.29) is 17.1 Å². The van der Waals surface area contributed by atoms with Crippen LogP contribution in [0.15, 0.2) is 47.6 Å². The summed E-state index contributed by atoms with van der Waals surface area (Å²) in [6, 6.07) is 10.3. The van der Waals surface area contributed by atoms with Crippen LogP contribution >= 0.6 is 0 Å². The number of hydrogen-bond donors (Lipinski definition) is 4. The summed E-state index contributed by atoms with van der Waals surface area (Å²) < 4.78 is 0. The zero-order chi connectivity index (χ0) is 15.4. The van der Waals surface area contributed by atoms with Crippen LogP contribution in [-0.2, 0) is 0 Å². The number of benzene rings is 2. The van der Waals surface area contributed by atoms with Gasteiger partial charge in [0.05, 0.1) is 17.0 Å². The van der Waals surface area contributed by atoms with E-state index in [0.29, 0.717) is 17.0 Å². The third-order valence-electron chi connectivity index (χ3n) is 2.83. The molecule has 2 rings (SSSR count). The number of aromatic hydroxyl groups is 2. The average Bonchev–Trinajstić information content (AvgIpc) is 2.47. The molecule has 0 saturated heterocycles. The van der Waals surface area contributed by atoms with Crippen molar-refractivity contribution in [1.82, 2.24) is 0 Å². The molecule has 0 unspecified atom stereocenters. The summed E-state index contributed by atoms with van der Waals surface area (Å²) in [6.45, 7) is 1.66. The van der Waals surface area contributed by atoms with Gasteiger partial charge in [0.1, 0.15) is 11.5 Å². The quantitative estimate of drug-likeness (QED) is 0.393. The number of hydrogen-bond acceptors (Lipinski definition) is 5. The van der Waals surface area contributed by atoms with Gasteiger partial charge in [-0.2, -0.15) is 5.10 Å². The van der Waals surface area contributed by atoms with Gasteiger partial charge in [0, 0.05) is 5.56 Å². The van der Waals surface area contributed by atoms with E-state index in [4.69, 9.17) is 5.11 Å². The number of carboxylic acid groups (broad SMARTS) is 1. The van der Waals surface area contributed by atoms with Gasteiger partial charge >= 0.3 is 5.97 Å². The molecule has 6 nitrogen and oxygen atoms in total. The Hall–Kier alpha value is -3.02. The van der Waals surface area contributed by atoms with Crippen molar-refractivity contribution in [3.63, 3.8) is 0 Å².